The lowest BCUT2D eigenvalue weighted by Gasteiger charge is -2.12. The molecule has 0 atom stereocenters. The number of nitrogens with two attached hydrogens (primary N) is 1. The summed E-state index contributed by atoms with van der Waals surface area (Å²) in [6.07, 6.45) is 0. The number of halogens is 1. The summed E-state index contributed by atoms with van der Waals surface area (Å²) in [6, 6.07) is 12.2. The van der Waals surface area contributed by atoms with Gasteiger partial charge < -0.3 is 15.2 Å². The first kappa shape index (κ1) is 14.5. The normalized spacial score (nSPS) is 10.6. The minimum absolute atomic E-state index is 0.287. The Bertz CT molecular complexity index is 572. The van der Waals surface area contributed by atoms with Crippen molar-refractivity contribution < 1.29 is 13.9 Å². The second-order valence-corrected chi connectivity index (χ2v) is 4.36. The van der Waals surface area contributed by atoms with E-state index < -0.39 is 0 Å². The fraction of sp³-hybridized carbons (Fsp3) is 0.250. The van der Waals surface area contributed by atoms with E-state index in [1.54, 1.807) is 19.2 Å². The zero-order chi connectivity index (χ0) is 14.4. The molecule has 0 aliphatic rings. The van der Waals surface area contributed by atoms with Gasteiger partial charge in [-0.1, -0.05) is 24.3 Å². The van der Waals surface area contributed by atoms with Crippen LogP contribution in [-0.4, -0.2) is 20.3 Å². The molecule has 0 radical (unpaired) electrons. The van der Waals surface area contributed by atoms with Crippen LogP contribution in [0.2, 0.25) is 0 Å². The quantitative estimate of drug-likeness (QED) is 0.824. The maximum atomic E-state index is 14.0. The summed E-state index contributed by atoms with van der Waals surface area (Å²) < 4.78 is 24.6. The average molecular weight is 275 g/mol. The second kappa shape index (κ2) is 7.03. The Hall–Kier alpha value is -1.91. The monoisotopic (exact) mass is 275 g/mol. The molecule has 0 bridgehead atoms. The largest absolute Gasteiger partial charge is 0.491 e. The van der Waals surface area contributed by atoms with Crippen LogP contribution in [0.15, 0.2) is 42.5 Å². The Morgan fingerprint density at radius 1 is 1.05 bits per heavy atom. The maximum Gasteiger partial charge on any atom is 0.131 e. The van der Waals surface area contributed by atoms with Gasteiger partial charge in [-0.25, -0.2) is 4.39 Å². The van der Waals surface area contributed by atoms with E-state index in [4.69, 9.17) is 15.2 Å². The van der Waals surface area contributed by atoms with Gasteiger partial charge in [-0.3, -0.25) is 0 Å². The van der Waals surface area contributed by atoms with Gasteiger partial charge in [0, 0.05) is 24.8 Å². The maximum absolute atomic E-state index is 14.0. The molecule has 0 saturated heterocycles. The molecule has 2 rings (SSSR count). The van der Waals surface area contributed by atoms with E-state index in [-0.39, 0.29) is 5.82 Å². The van der Waals surface area contributed by atoms with Crippen molar-refractivity contribution in [3.63, 3.8) is 0 Å². The molecule has 3 nitrogen and oxygen atoms in total. The minimum Gasteiger partial charge on any atom is -0.491 e. The molecular weight excluding hydrogens is 257 g/mol. The Kier molecular flexibility index (Phi) is 5.09. The molecule has 0 spiro atoms. The predicted molar refractivity (Wildman–Crippen MR) is 77.1 cm³/mol. The first-order valence-corrected chi connectivity index (χ1v) is 6.46. The summed E-state index contributed by atoms with van der Waals surface area (Å²) >= 11 is 0. The van der Waals surface area contributed by atoms with Gasteiger partial charge in [-0.15, -0.1) is 0 Å². The van der Waals surface area contributed by atoms with E-state index in [0.29, 0.717) is 31.1 Å². The van der Waals surface area contributed by atoms with E-state index >= 15 is 0 Å². The highest BCUT2D eigenvalue weighted by Crippen LogP contribution is 2.32. The molecule has 2 N–H and O–H groups in total. The lowest BCUT2D eigenvalue weighted by molar-refractivity contribution is 0.146. The van der Waals surface area contributed by atoms with Crippen molar-refractivity contribution in [1.29, 1.82) is 0 Å². The van der Waals surface area contributed by atoms with Crippen LogP contribution >= 0.6 is 0 Å². The van der Waals surface area contributed by atoms with Gasteiger partial charge >= 0.3 is 0 Å². The third kappa shape index (κ3) is 3.35. The fourth-order valence-corrected chi connectivity index (χ4v) is 1.96. The van der Waals surface area contributed by atoms with Gasteiger partial charge in [0.1, 0.15) is 18.2 Å². The molecule has 0 aromatic heterocycles. The highest BCUT2D eigenvalue weighted by molar-refractivity contribution is 5.71. The molecule has 2 aromatic carbocycles. The van der Waals surface area contributed by atoms with Crippen molar-refractivity contribution in [3.05, 3.63) is 53.8 Å². The Morgan fingerprint density at radius 3 is 2.60 bits per heavy atom. The fourth-order valence-electron chi connectivity index (χ4n) is 1.96. The van der Waals surface area contributed by atoms with Gasteiger partial charge in [0.2, 0.25) is 0 Å². The van der Waals surface area contributed by atoms with Gasteiger partial charge in [-0.2, -0.15) is 0 Å². The summed E-state index contributed by atoms with van der Waals surface area (Å²) in [4.78, 5) is 0. The second-order valence-electron chi connectivity index (χ2n) is 4.36. The van der Waals surface area contributed by atoms with Crippen LogP contribution in [-0.2, 0) is 11.3 Å². The van der Waals surface area contributed by atoms with Gasteiger partial charge in [-0.05, 0) is 23.8 Å². The van der Waals surface area contributed by atoms with Crippen molar-refractivity contribution in [1.82, 2.24) is 0 Å². The number of para-hydroxylation sites is 1. The van der Waals surface area contributed by atoms with Gasteiger partial charge in [0.05, 0.1) is 6.61 Å². The number of methoxy groups -OCH3 is 1. The van der Waals surface area contributed by atoms with Crippen LogP contribution in [0.1, 0.15) is 5.56 Å². The van der Waals surface area contributed by atoms with E-state index in [1.807, 2.05) is 24.3 Å². The van der Waals surface area contributed by atoms with Crippen molar-refractivity contribution >= 4 is 0 Å². The number of hydrogen-bond donors (Lipinski definition) is 1. The molecule has 0 aliphatic heterocycles. The zero-order valence-corrected chi connectivity index (χ0v) is 11.4. The van der Waals surface area contributed by atoms with Crippen LogP contribution in [0, 0.1) is 5.82 Å². The standard InChI is InChI=1S/C16H18FNO2/c1-19-8-9-20-16-5-3-2-4-13(16)14-10-12(11-18)6-7-15(14)17/h2-7,10H,8-9,11,18H2,1H3. The molecule has 0 aliphatic carbocycles. The summed E-state index contributed by atoms with van der Waals surface area (Å²) in [5.41, 5.74) is 7.72. The van der Waals surface area contributed by atoms with Crippen molar-refractivity contribution in [2.24, 2.45) is 5.73 Å². The van der Waals surface area contributed by atoms with Gasteiger partial charge in [0.25, 0.3) is 0 Å². The number of ether oxygens (including phenoxy) is 2. The summed E-state index contributed by atoms with van der Waals surface area (Å²) in [5.74, 6) is 0.350. The highest BCUT2D eigenvalue weighted by atomic mass is 19.1. The van der Waals surface area contributed by atoms with Crippen molar-refractivity contribution in [2.45, 2.75) is 6.54 Å². The Balaban J connectivity index is 2.36. The highest BCUT2D eigenvalue weighted by Gasteiger charge is 2.11. The van der Waals surface area contributed by atoms with Crippen molar-refractivity contribution in [2.75, 3.05) is 20.3 Å². The molecule has 0 amide bonds. The zero-order valence-electron chi connectivity index (χ0n) is 11.4. The summed E-state index contributed by atoms with van der Waals surface area (Å²) in [7, 11) is 1.61. The van der Waals surface area contributed by atoms with Crippen LogP contribution in [0.25, 0.3) is 11.1 Å². The van der Waals surface area contributed by atoms with E-state index in [0.717, 1.165) is 11.1 Å². The van der Waals surface area contributed by atoms with E-state index in [9.17, 15) is 4.39 Å². The first-order valence-electron chi connectivity index (χ1n) is 6.46. The molecule has 0 unspecified atom stereocenters. The molecule has 2 aromatic rings. The minimum atomic E-state index is -0.287. The topological polar surface area (TPSA) is 44.5 Å². The average Bonchev–Trinajstić information content (AvgIpc) is 2.49. The third-order valence-electron chi connectivity index (χ3n) is 2.99. The molecule has 20 heavy (non-hydrogen) atoms. The molecule has 106 valence electrons. The predicted octanol–water partition coefficient (Wildman–Crippen LogP) is 2.98. The van der Waals surface area contributed by atoms with E-state index in [1.165, 1.54) is 6.07 Å². The van der Waals surface area contributed by atoms with Crippen LogP contribution in [0.3, 0.4) is 0 Å². The Labute approximate surface area is 118 Å². The first-order chi connectivity index (χ1) is 9.76. The molecule has 4 heteroatoms. The Morgan fingerprint density at radius 2 is 1.85 bits per heavy atom. The SMILES string of the molecule is COCCOc1ccccc1-c1cc(CN)ccc1F. The summed E-state index contributed by atoms with van der Waals surface area (Å²) in [6.45, 7) is 1.28. The van der Waals surface area contributed by atoms with Crippen LogP contribution in [0.4, 0.5) is 4.39 Å². The van der Waals surface area contributed by atoms with Crippen molar-refractivity contribution in [3.8, 4) is 16.9 Å². The van der Waals surface area contributed by atoms with E-state index in [2.05, 4.69) is 0 Å². The molecule has 0 heterocycles. The number of benzene rings is 2. The third-order valence-corrected chi connectivity index (χ3v) is 2.99. The molecule has 0 saturated carbocycles. The molecular formula is C16H18FNO2. The summed E-state index contributed by atoms with van der Waals surface area (Å²) in [5, 5.41) is 0. The number of rotatable bonds is 6. The lowest BCUT2D eigenvalue weighted by Crippen LogP contribution is -2.05. The van der Waals surface area contributed by atoms with Crippen LogP contribution < -0.4 is 10.5 Å². The number of hydrogen-bond acceptors (Lipinski definition) is 3. The smallest absolute Gasteiger partial charge is 0.131 e. The molecule has 0 fully saturated rings. The lowest BCUT2D eigenvalue weighted by atomic mass is 10.0. The van der Waals surface area contributed by atoms with Gasteiger partial charge in [0.15, 0.2) is 0 Å². The van der Waals surface area contributed by atoms with Crippen LogP contribution in [0.5, 0.6) is 5.75 Å².